The van der Waals surface area contributed by atoms with Crippen LogP contribution >= 0.6 is 0 Å². The third-order valence-corrected chi connectivity index (χ3v) is 3.14. The summed E-state index contributed by atoms with van der Waals surface area (Å²) in [6, 6.07) is 13.1. The van der Waals surface area contributed by atoms with Crippen LogP contribution in [0, 0.1) is 0 Å². The minimum atomic E-state index is 0.0104. The second-order valence-corrected chi connectivity index (χ2v) is 4.31. The third-order valence-electron chi connectivity index (χ3n) is 3.14. The molecule has 0 saturated carbocycles. The highest BCUT2D eigenvalue weighted by Gasteiger charge is 2.10. The lowest BCUT2D eigenvalue weighted by Crippen LogP contribution is -2.27. The molecular weight excluding hydrogens is 240 g/mol. The van der Waals surface area contributed by atoms with E-state index in [-0.39, 0.29) is 11.6 Å². The Kier molecular flexibility index (Phi) is 4.36. The van der Waals surface area contributed by atoms with Gasteiger partial charge in [0.25, 0.3) is 5.56 Å². The molecular formula is C15H18N2O2. The average molecular weight is 258 g/mol. The molecule has 1 N–H and O–H groups in total. The fourth-order valence-electron chi connectivity index (χ4n) is 2.01. The Hall–Kier alpha value is -2.07. The molecule has 0 aliphatic heterocycles. The smallest absolute Gasteiger partial charge is 0.250 e. The second kappa shape index (κ2) is 6.20. The molecule has 19 heavy (non-hydrogen) atoms. The molecule has 100 valence electrons. The van der Waals surface area contributed by atoms with Gasteiger partial charge in [-0.25, -0.2) is 0 Å². The molecule has 4 heteroatoms. The van der Waals surface area contributed by atoms with Gasteiger partial charge < -0.3 is 14.6 Å². The van der Waals surface area contributed by atoms with Crippen molar-refractivity contribution in [3.63, 3.8) is 0 Å². The largest absolute Gasteiger partial charge is 0.497 e. The molecule has 2 rings (SSSR count). The van der Waals surface area contributed by atoms with Gasteiger partial charge >= 0.3 is 0 Å². The van der Waals surface area contributed by atoms with Crippen LogP contribution in [-0.2, 0) is 6.54 Å². The molecule has 1 aromatic carbocycles. The van der Waals surface area contributed by atoms with Crippen LogP contribution in [0.2, 0.25) is 0 Å². The number of methoxy groups -OCH3 is 1. The molecule has 2 aromatic rings. The summed E-state index contributed by atoms with van der Waals surface area (Å²) in [6.07, 6.45) is 1.80. The van der Waals surface area contributed by atoms with Crippen LogP contribution in [0.15, 0.2) is 53.5 Å². The monoisotopic (exact) mass is 258 g/mol. The third kappa shape index (κ3) is 3.23. The fraction of sp³-hybridized carbons (Fsp3) is 0.267. The summed E-state index contributed by atoms with van der Waals surface area (Å²) in [4.78, 5) is 11.7. The topological polar surface area (TPSA) is 43.3 Å². The van der Waals surface area contributed by atoms with Crippen LogP contribution in [0.4, 0.5) is 0 Å². The Morgan fingerprint density at radius 1 is 1.21 bits per heavy atom. The zero-order valence-corrected chi connectivity index (χ0v) is 11.2. The van der Waals surface area contributed by atoms with Gasteiger partial charge in [0.2, 0.25) is 0 Å². The molecule has 1 unspecified atom stereocenters. The van der Waals surface area contributed by atoms with Crippen LogP contribution in [0.25, 0.3) is 0 Å². The second-order valence-electron chi connectivity index (χ2n) is 4.31. The van der Waals surface area contributed by atoms with Crippen LogP contribution in [-0.4, -0.2) is 18.7 Å². The van der Waals surface area contributed by atoms with Gasteiger partial charge in [0.15, 0.2) is 0 Å². The van der Waals surface area contributed by atoms with E-state index in [0.29, 0.717) is 6.54 Å². The van der Waals surface area contributed by atoms with E-state index >= 15 is 0 Å². The highest BCUT2D eigenvalue weighted by Crippen LogP contribution is 2.18. The van der Waals surface area contributed by atoms with Crippen LogP contribution in [0.3, 0.4) is 0 Å². The Labute approximate surface area is 112 Å². The quantitative estimate of drug-likeness (QED) is 0.889. The summed E-state index contributed by atoms with van der Waals surface area (Å²) in [7, 11) is 3.54. The summed E-state index contributed by atoms with van der Waals surface area (Å²) in [6.45, 7) is 0.600. The molecule has 0 radical (unpaired) electrons. The van der Waals surface area contributed by atoms with Gasteiger partial charge in [-0.15, -0.1) is 0 Å². The molecule has 0 spiro atoms. The van der Waals surface area contributed by atoms with Gasteiger partial charge in [-0.3, -0.25) is 4.79 Å². The number of nitrogens with one attached hydrogen (secondary N) is 1. The molecule has 4 nitrogen and oxygen atoms in total. The average Bonchev–Trinajstić information content (AvgIpc) is 2.47. The number of aromatic nitrogens is 1. The van der Waals surface area contributed by atoms with E-state index in [0.717, 1.165) is 11.3 Å². The minimum absolute atomic E-state index is 0.0104. The molecule has 0 aliphatic rings. The zero-order valence-electron chi connectivity index (χ0n) is 11.2. The first-order valence-electron chi connectivity index (χ1n) is 6.21. The van der Waals surface area contributed by atoms with Crippen molar-refractivity contribution in [3.05, 3.63) is 64.6 Å². The standard InChI is InChI=1S/C15H18N2O2/c1-16-14(11-17-10-4-3-5-15(17)18)12-6-8-13(19-2)9-7-12/h3-10,14,16H,11H2,1-2H3. The summed E-state index contributed by atoms with van der Waals surface area (Å²) < 4.78 is 6.84. The summed E-state index contributed by atoms with van der Waals surface area (Å²) in [5.41, 5.74) is 1.13. The Morgan fingerprint density at radius 2 is 1.95 bits per heavy atom. The van der Waals surface area contributed by atoms with Crippen molar-refractivity contribution < 1.29 is 4.74 Å². The van der Waals surface area contributed by atoms with E-state index in [1.807, 2.05) is 37.4 Å². The maximum absolute atomic E-state index is 11.7. The van der Waals surface area contributed by atoms with Gasteiger partial charge in [0.05, 0.1) is 13.2 Å². The number of rotatable bonds is 5. The minimum Gasteiger partial charge on any atom is -0.497 e. The SMILES string of the molecule is CNC(Cn1ccccc1=O)c1ccc(OC)cc1. The van der Waals surface area contributed by atoms with E-state index < -0.39 is 0 Å². The normalized spacial score (nSPS) is 12.1. The Bertz CT molecular complexity index is 575. The van der Waals surface area contributed by atoms with E-state index in [2.05, 4.69) is 5.32 Å². The maximum Gasteiger partial charge on any atom is 0.250 e. The van der Waals surface area contributed by atoms with Crippen molar-refractivity contribution in [2.24, 2.45) is 0 Å². The molecule has 1 heterocycles. The number of benzene rings is 1. The van der Waals surface area contributed by atoms with Crippen molar-refractivity contribution in [2.45, 2.75) is 12.6 Å². The zero-order chi connectivity index (χ0) is 13.7. The number of pyridine rings is 1. The van der Waals surface area contributed by atoms with Crippen molar-refractivity contribution >= 4 is 0 Å². The highest BCUT2D eigenvalue weighted by atomic mass is 16.5. The van der Waals surface area contributed by atoms with Crippen LogP contribution < -0.4 is 15.6 Å². The highest BCUT2D eigenvalue weighted by molar-refractivity contribution is 5.29. The number of likely N-dealkylation sites (N-methyl/N-ethyl adjacent to an activating group) is 1. The van der Waals surface area contributed by atoms with E-state index in [9.17, 15) is 4.79 Å². The number of nitrogens with zero attached hydrogens (tertiary/aromatic N) is 1. The first kappa shape index (κ1) is 13.4. The molecule has 0 amide bonds. The van der Waals surface area contributed by atoms with Crippen LogP contribution in [0.5, 0.6) is 5.75 Å². The summed E-state index contributed by atoms with van der Waals surface area (Å²) >= 11 is 0. The lowest BCUT2D eigenvalue weighted by Gasteiger charge is -2.18. The van der Waals surface area contributed by atoms with Crippen molar-refractivity contribution in [2.75, 3.05) is 14.2 Å². The maximum atomic E-state index is 11.7. The van der Waals surface area contributed by atoms with Crippen molar-refractivity contribution in [1.82, 2.24) is 9.88 Å². The van der Waals surface area contributed by atoms with Gasteiger partial charge in [0, 0.05) is 18.8 Å². The molecule has 1 aromatic heterocycles. The van der Waals surface area contributed by atoms with Gasteiger partial charge in [-0.1, -0.05) is 18.2 Å². The van der Waals surface area contributed by atoms with Gasteiger partial charge in [-0.05, 0) is 30.8 Å². The van der Waals surface area contributed by atoms with Crippen molar-refractivity contribution in [1.29, 1.82) is 0 Å². The summed E-state index contributed by atoms with van der Waals surface area (Å²) in [5, 5.41) is 3.23. The first-order chi connectivity index (χ1) is 9.24. The van der Waals surface area contributed by atoms with E-state index in [1.165, 1.54) is 0 Å². The van der Waals surface area contributed by atoms with Crippen LogP contribution in [0.1, 0.15) is 11.6 Å². The Balaban J connectivity index is 2.20. The predicted octanol–water partition coefficient (Wildman–Crippen LogP) is 1.82. The fourth-order valence-corrected chi connectivity index (χ4v) is 2.01. The van der Waals surface area contributed by atoms with E-state index in [4.69, 9.17) is 4.74 Å². The van der Waals surface area contributed by atoms with Crippen molar-refractivity contribution in [3.8, 4) is 5.75 Å². The molecule has 0 saturated heterocycles. The van der Waals surface area contributed by atoms with E-state index in [1.54, 1.807) is 30.0 Å². The molecule has 0 bridgehead atoms. The first-order valence-corrected chi connectivity index (χ1v) is 6.21. The summed E-state index contributed by atoms with van der Waals surface area (Å²) in [5.74, 6) is 0.829. The molecule has 0 aliphatic carbocycles. The molecule has 1 atom stereocenters. The van der Waals surface area contributed by atoms with Gasteiger partial charge in [0.1, 0.15) is 5.75 Å². The van der Waals surface area contributed by atoms with Gasteiger partial charge in [-0.2, -0.15) is 0 Å². The lowest BCUT2D eigenvalue weighted by atomic mass is 10.1. The number of hydrogen-bond donors (Lipinski definition) is 1. The predicted molar refractivity (Wildman–Crippen MR) is 75.5 cm³/mol. The molecule has 0 fully saturated rings. The number of ether oxygens (including phenoxy) is 1. The number of hydrogen-bond acceptors (Lipinski definition) is 3. The Morgan fingerprint density at radius 3 is 2.53 bits per heavy atom. The lowest BCUT2D eigenvalue weighted by molar-refractivity contribution is 0.414.